The van der Waals surface area contributed by atoms with Gasteiger partial charge in [-0.3, -0.25) is 4.79 Å². The number of nitrogens with zero attached hydrogens (tertiary/aromatic N) is 2. The van der Waals surface area contributed by atoms with Gasteiger partial charge in [-0.25, -0.2) is 0 Å². The van der Waals surface area contributed by atoms with E-state index in [-0.39, 0.29) is 11.3 Å². The van der Waals surface area contributed by atoms with Crippen LogP contribution in [0.2, 0.25) is 0 Å². The highest BCUT2D eigenvalue weighted by Crippen LogP contribution is 2.52. The summed E-state index contributed by atoms with van der Waals surface area (Å²) < 4.78 is 0. The molecule has 1 aliphatic carbocycles. The molecule has 3 unspecified atom stereocenters. The number of carbonyl (C=O) groups is 1. The fraction of sp³-hybridized carbons (Fsp3) is 0.867. The van der Waals surface area contributed by atoms with Gasteiger partial charge in [0.2, 0.25) is 5.91 Å². The predicted molar refractivity (Wildman–Crippen MR) is 70.6 cm³/mol. The van der Waals surface area contributed by atoms with Crippen LogP contribution in [0, 0.1) is 28.1 Å². The molecule has 1 heterocycles. The molecular formula is C15H24N2O. The van der Waals surface area contributed by atoms with E-state index < -0.39 is 5.41 Å². The van der Waals surface area contributed by atoms with Crippen molar-refractivity contribution in [1.29, 1.82) is 5.26 Å². The monoisotopic (exact) mass is 248 g/mol. The number of likely N-dealkylation sites (tertiary alicyclic amines) is 1. The van der Waals surface area contributed by atoms with Gasteiger partial charge in [0.05, 0.1) is 16.9 Å². The number of nitriles is 1. The molecule has 0 radical (unpaired) electrons. The van der Waals surface area contributed by atoms with Crippen molar-refractivity contribution in [3.63, 3.8) is 0 Å². The van der Waals surface area contributed by atoms with E-state index in [2.05, 4.69) is 13.0 Å². The van der Waals surface area contributed by atoms with Crippen LogP contribution in [0.25, 0.3) is 0 Å². The molecule has 100 valence electrons. The van der Waals surface area contributed by atoms with Gasteiger partial charge in [0, 0.05) is 13.1 Å². The first-order chi connectivity index (χ1) is 8.32. The third kappa shape index (κ3) is 1.92. The minimum atomic E-state index is -0.419. The van der Waals surface area contributed by atoms with Crippen LogP contribution in [0.3, 0.4) is 0 Å². The summed E-state index contributed by atoms with van der Waals surface area (Å²) in [6, 6.07) is 2.76. The highest BCUT2D eigenvalue weighted by molar-refractivity contribution is 5.85. The molecule has 3 nitrogen and oxygen atoms in total. The first-order valence-corrected chi connectivity index (χ1v) is 7.00. The van der Waals surface area contributed by atoms with Crippen LogP contribution >= 0.6 is 0 Å². The maximum absolute atomic E-state index is 12.6. The van der Waals surface area contributed by atoms with Crippen LogP contribution in [-0.4, -0.2) is 23.9 Å². The van der Waals surface area contributed by atoms with Gasteiger partial charge in [-0.2, -0.15) is 5.26 Å². The summed E-state index contributed by atoms with van der Waals surface area (Å²) in [6.45, 7) is 5.98. The summed E-state index contributed by atoms with van der Waals surface area (Å²) in [5.74, 6) is 0.694. The lowest BCUT2D eigenvalue weighted by atomic mass is 9.64. The lowest BCUT2D eigenvalue weighted by Crippen LogP contribution is -2.37. The van der Waals surface area contributed by atoms with Gasteiger partial charge >= 0.3 is 0 Å². The Bertz CT molecular complexity index is 396. The maximum atomic E-state index is 12.6. The van der Waals surface area contributed by atoms with Gasteiger partial charge in [0.1, 0.15) is 0 Å². The molecule has 1 amide bonds. The lowest BCUT2D eigenvalue weighted by Gasteiger charge is -2.37. The van der Waals surface area contributed by atoms with Crippen LogP contribution in [0.15, 0.2) is 0 Å². The quantitative estimate of drug-likeness (QED) is 0.754. The molecule has 18 heavy (non-hydrogen) atoms. The summed E-state index contributed by atoms with van der Waals surface area (Å²) in [5.41, 5.74) is -0.753. The number of carbonyl (C=O) groups excluding carboxylic acids is 1. The summed E-state index contributed by atoms with van der Waals surface area (Å²) in [5, 5.41) is 9.24. The van der Waals surface area contributed by atoms with Crippen LogP contribution in [0.4, 0.5) is 0 Å². The molecule has 1 saturated carbocycles. The van der Waals surface area contributed by atoms with E-state index in [1.54, 1.807) is 0 Å². The second-order valence-corrected chi connectivity index (χ2v) is 6.96. The van der Waals surface area contributed by atoms with Gasteiger partial charge in [-0.05, 0) is 39.0 Å². The van der Waals surface area contributed by atoms with Crippen molar-refractivity contribution >= 4 is 5.91 Å². The molecule has 0 aromatic heterocycles. The Morgan fingerprint density at radius 3 is 2.67 bits per heavy atom. The van der Waals surface area contributed by atoms with Crippen LogP contribution < -0.4 is 0 Å². The van der Waals surface area contributed by atoms with Crippen molar-refractivity contribution in [3.05, 3.63) is 0 Å². The lowest BCUT2D eigenvalue weighted by molar-refractivity contribution is -0.136. The highest BCUT2D eigenvalue weighted by Gasteiger charge is 2.56. The Hall–Kier alpha value is -1.04. The SMILES string of the molecule is CN1C(=O)C(C)(CC(C)(C)C#N)C2CCCCC21. The van der Waals surface area contributed by atoms with Crippen molar-refractivity contribution in [1.82, 2.24) is 4.90 Å². The summed E-state index contributed by atoms with van der Waals surface area (Å²) >= 11 is 0. The molecule has 0 spiro atoms. The van der Waals surface area contributed by atoms with E-state index in [0.717, 1.165) is 12.8 Å². The molecule has 1 aliphatic heterocycles. The van der Waals surface area contributed by atoms with Gasteiger partial charge in [0.25, 0.3) is 0 Å². The fourth-order valence-electron chi connectivity index (χ4n) is 4.19. The van der Waals surface area contributed by atoms with Crippen molar-refractivity contribution in [2.24, 2.45) is 16.7 Å². The average Bonchev–Trinajstić information content (AvgIpc) is 2.52. The first kappa shape index (κ1) is 13.4. The van der Waals surface area contributed by atoms with Crippen LogP contribution in [0.5, 0.6) is 0 Å². The molecule has 3 atom stereocenters. The smallest absolute Gasteiger partial charge is 0.228 e. The normalized spacial score (nSPS) is 36.4. The maximum Gasteiger partial charge on any atom is 0.228 e. The molecule has 1 saturated heterocycles. The Labute approximate surface area is 110 Å². The van der Waals surface area contributed by atoms with E-state index in [1.165, 1.54) is 12.8 Å². The summed E-state index contributed by atoms with van der Waals surface area (Å²) in [7, 11) is 1.94. The first-order valence-electron chi connectivity index (χ1n) is 7.00. The summed E-state index contributed by atoms with van der Waals surface area (Å²) in [4.78, 5) is 14.6. The van der Waals surface area contributed by atoms with Gasteiger partial charge in [0.15, 0.2) is 0 Å². The van der Waals surface area contributed by atoms with Crippen molar-refractivity contribution in [3.8, 4) is 6.07 Å². The molecular weight excluding hydrogens is 224 g/mol. The second kappa shape index (κ2) is 4.26. The van der Waals surface area contributed by atoms with E-state index >= 15 is 0 Å². The Morgan fingerprint density at radius 2 is 2.06 bits per heavy atom. The van der Waals surface area contributed by atoms with Crippen molar-refractivity contribution in [2.75, 3.05) is 7.05 Å². The van der Waals surface area contributed by atoms with Gasteiger partial charge in [-0.15, -0.1) is 0 Å². The molecule has 3 heteroatoms. The highest BCUT2D eigenvalue weighted by atomic mass is 16.2. The number of fused-ring (bicyclic) bond motifs is 1. The van der Waals surface area contributed by atoms with E-state index in [4.69, 9.17) is 0 Å². The van der Waals surface area contributed by atoms with Crippen LogP contribution in [0.1, 0.15) is 52.9 Å². The van der Waals surface area contributed by atoms with E-state index in [0.29, 0.717) is 18.4 Å². The molecule has 0 N–H and O–H groups in total. The Kier molecular flexibility index (Phi) is 3.17. The number of hydrogen-bond donors (Lipinski definition) is 0. The number of amides is 1. The number of rotatable bonds is 2. The molecule has 2 rings (SSSR count). The number of hydrogen-bond acceptors (Lipinski definition) is 2. The van der Waals surface area contributed by atoms with Gasteiger partial charge < -0.3 is 4.90 Å². The fourth-order valence-corrected chi connectivity index (χ4v) is 4.19. The third-order valence-corrected chi connectivity index (χ3v) is 4.97. The minimum Gasteiger partial charge on any atom is -0.342 e. The molecule has 2 aliphatic rings. The van der Waals surface area contributed by atoms with E-state index in [1.807, 2.05) is 25.8 Å². The minimum absolute atomic E-state index is 0.253. The van der Waals surface area contributed by atoms with E-state index in [9.17, 15) is 10.1 Å². The molecule has 0 bridgehead atoms. The van der Waals surface area contributed by atoms with Crippen molar-refractivity contribution < 1.29 is 4.79 Å². The van der Waals surface area contributed by atoms with Crippen molar-refractivity contribution in [2.45, 2.75) is 58.9 Å². The Morgan fingerprint density at radius 1 is 1.44 bits per heavy atom. The second-order valence-electron chi connectivity index (χ2n) is 6.96. The van der Waals surface area contributed by atoms with Gasteiger partial charge in [-0.1, -0.05) is 19.8 Å². The summed E-state index contributed by atoms with van der Waals surface area (Å²) in [6.07, 6.45) is 5.41. The van der Waals surface area contributed by atoms with Crippen LogP contribution in [-0.2, 0) is 4.79 Å². The molecule has 0 aromatic rings. The Balaban J connectivity index is 2.30. The largest absolute Gasteiger partial charge is 0.342 e. The zero-order valence-electron chi connectivity index (χ0n) is 12.0. The average molecular weight is 248 g/mol. The third-order valence-electron chi connectivity index (χ3n) is 4.97. The topological polar surface area (TPSA) is 44.1 Å². The molecule has 0 aromatic carbocycles. The molecule has 2 fully saturated rings. The standard InChI is InChI=1S/C15H24N2O/c1-14(2,10-16)9-15(3)11-7-5-6-8-12(11)17(4)13(15)18/h11-12H,5-9H2,1-4H3. The zero-order valence-corrected chi connectivity index (χ0v) is 12.0. The predicted octanol–water partition coefficient (Wildman–Crippen LogP) is 2.96. The zero-order chi connectivity index (χ0) is 13.6.